The summed E-state index contributed by atoms with van der Waals surface area (Å²) in [5.74, 6) is 0.737. The van der Waals surface area contributed by atoms with Gasteiger partial charge in [0.15, 0.2) is 0 Å². The lowest BCUT2D eigenvalue weighted by Gasteiger charge is -2.34. The number of rotatable bonds is 3. The number of nitrogens with one attached hydrogen (secondary N) is 1. The van der Waals surface area contributed by atoms with E-state index in [2.05, 4.69) is 21.2 Å². The Morgan fingerprint density at radius 2 is 2.14 bits per heavy atom. The number of H-pyrrole nitrogens is 1. The highest BCUT2D eigenvalue weighted by molar-refractivity contribution is 5.82. The lowest BCUT2D eigenvalue weighted by atomic mass is 9.93. The van der Waals surface area contributed by atoms with Crippen molar-refractivity contribution in [1.82, 2.24) is 20.0 Å². The first-order valence-corrected chi connectivity index (χ1v) is 8.12. The van der Waals surface area contributed by atoms with E-state index in [1.165, 1.54) is 0 Å². The molecule has 0 bridgehead atoms. The van der Waals surface area contributed by atoms with Crippen LogP contribution in [0.15, 0.2) is 6.07 Å². The van der Waals surface area contributed by atoms with Crippen molar-refractivity contribution in [2.75, 3.05) is 33.8 Å². The molecule has 1 aromatic rings. The molecule has 1 N–H and O–H groups in total. The standard InChI is InChI=1S/C16H26N4O2/c1-11-8-14(18-17-11)12-4-6-20(7-5-12)16(21)15-9-13(22-3)10-19(15)2/h8,12-13,15H,4-7,9-10H2,1-3H3,(H,17,18)/t13-,15-/m0/s1. The number of hydrogen-bond donors (Lipinski definition) is 1. The van der Waals surface area contributed by atoms with E-state index >= 15 is 0 Å². The molecule has 2 saturated heterocycles. The summed E-state index contributed by atoms with van der Waals surface area (Å²) in [6.45, 7) is 4.53. The molecule has 1 aromatic heterocycles. The first-order chi connectivity index (χ1) is 10.6. The minimum absolute atomic E-state index is 0.0193. The van der Waals surface area contributed by atoms with Gasteiger partial charge < -0.3 is 9.64 Å². The summed E-state index contributed by atoms with van der Waals surface area (Å²) < 4.78 is 5.40. The zero-order valence-corrected chi connectivity index (χ0v) is 13.7. The Kier molecular flexibility index (Phi) is 4.49. The maximum absolute atomic E-state index is 12.7. The van der Waals surface area contributed by atoms with Crippen molar-refractivity contribution in [3.63, 3.8) is 0 Å². The van der Waals surface area contributed by atoms with E-state index in [-0.39, 0.29) is 18.1 Å². The van der Waals surface area contributed by atoms with Gasteiger partial charge in [-0.05, 0) is 39.3 Å². The second kappa shape index (κ2) is 6.38. The summed E-state index contributed by atoms with van der Waals surface area (Å²) in [6, 6.07) is 2.10. The molecule has 22 heavy (non-hydrogen) atoms. The van der Waals surface area contributed by atoms with E-state index in [0.29, 0.717) is 5.92 Å². The third kappa shape index (κ3) is 3.03. The summed E-state index contributed by atoms with van der Waals surface area (Å²) in [5, 5.41) is 7.38. The zero-order chi connectivity index (χ0) is 15.7. The summed E-state index contributed by atoms with van der Waals surface area (Å²) in [6.07, 6.45) is 2.99. The Morgan fingerprint density at radius 3 is 2.68 bits per heavy atom. The molecule has 2 atom stereocenters. The summed E-state index contributed by atoms with van der Waals surface area (Å²) >= 11 is 0. The second-order valence-corrected chi connectivity index (χ2v) is 6.62. The highest BCUT2D eigenvalue weighted by Gasteiger charge is 2.38. The van der Waals surface area contributed by atoms with Crippen LogP contribution in [0.2, 0.25) is 0 Å². The Labute approximate surface area is 131 Å². The number of ether oxygens (including phenoxy) is 1. The quantitative estimate of drug-likeness (QED) is 0.910. The summed E-state index contributed by atoms with van der Waals surface area (Å²) in [7, 11) is 3.74. The smallest absolute Gasteiger partial charge is 0.240 e. The van der Waals surface area contributed by atoms with Gasteiger partial charge in [0.2, 0.25) is 5.91 Å². The van der Waals surface area contributed by atoms with Crippen molar-refractivity contribution in [2.45, 2.75) is 44.2 Å². The van der Waals surface area contributed by atoms with E-state index in [9.17, 15) is 4.79 Å². The van der Waals surface area contributed by atoms with Gasteiger partial charge in [-0.25, -0.2) is 0 Å². The monoisotopic (exact) mass is 306 g/mol. The zero-order valence-electron chi connectivity index (χ0n) is 13.7. The van der Waals surface area contributed by atoms with Crippen molar-refractivity contribution < 1.29 is 9.53 Å². The van der Waals surface area contributed by atoms with Gasteiger partial charge in [-0.3, -0.25) is 14.8 Å². The van der Waals surface area contributed by atoms with Crippen molar-refractivity contribution in [2.24, 2.45) is 0 Å². The van der Waals surface area contributed by atoms with Crippen LogP contribution in [0.25, 0.3) is 0 Å². The van der Waals surface area contributed by atoms with Crippen LogP contribution in [0.1, 0.15) is 36.6 Å². The van der Waals surface area contributed by atoms with E-state index in [0.717, 1.165) is 50.3 Å². The van der Waals surface area contributed by atoms with Gasteiger partial charge in [-0.1, -0.05) is 0 Å². The van der Waals surface area contributed by atoms with Crippen molar-refractivity contribution >= 4 is 5.91 Å². The SMILES string of the molecule is CO[C@H]1C[C@@H](C(=O)N2CCC(c3cc(C)[nH]n3)CC2)N(C)C1. The fourth-order valence-corrected chi connectivity index (χ4v) is 3.67. The van der Waals surface area contributed by atoms with Gasteiger partial charge in [-0.2, -0.15) is 5.10 Å². The average Bonchev–Trinajstić information content (AvgIpc) is 3.12. The van der Waals surface area contributed by atoms with E-state index in [4.69, 9.17) is 4.74 Å². The topological polar surface area (TPSA) is 61.5 Å². The maximum atomic E-state index is 12.7. The lowest BCUT2D eigenvalue weighted by Crippen LogP contribution is -2.47. The molecule has 2 aliphatic heterocycles. The Morgan fingerprint density at radius 1 is 1.41 bits per heavy atom. The largest absolute Gasteiger partial charge is 0.380 e. The number of carbonyl (C=O) groups is 1. The van der Waals surface area contributed by atoms with E-state index in [1.54, 1.807) is 7.11 Å². The Hall–Kier alpha value is -1.40. The molecule has 0 aromatic carbocycles. The fourth-order valence-electron chi connectivity index (χ4n) is 3.67. The molecule has 6 heteroatoms. The molecule has 6 nitrogen and oxygen atoms in total. The van der Waals surface area contributed by atoms with Gasteiger partial charge in [0.25, 0.3) is 0 Å². The number of piperidine rings is 1. The van der Waals surface area contributed by atoms with Crippen LogP contribution < -0.4 is 0 Å². The molecule has 122 valence electrons. The molecule has 0 spiro atoms. The number of carbonyl (C=O) groups excluding carboxylic acids is 1. The minimum Gasteiger partial charge on any atom is -0.380 e. The first kappa shape index (κ1) is 15.5. The van der Waals surface area contributed by atoms with Crippen LogP contribution in [0.4, 0.5) is 0 Å². The number of aryl methyl sites for hydroxylation is 1. The summed E-state index contributed by atoms with van der Waals surface area (Å²) in [5.41, 5.74) is 2.24. The molecule has 0 radical (unpaired) electrons. The molecule has 3 heterocycles. The van der Waals surface area contributed by atoms with Gasteiger partial charge >= 0.3 is 0 Å². The molecular weight excluding hydrogens is 280 g/mol. The molecule has 2 fully saturated rings. The number of methoxy groups -OCH3 is 1. The average molecular weight is 306 g/mol. The third-order valence-corrected chi connectivity index (χ3v) is 5.08. The number of hydrogen-bond acceptors (Lipinski definition) is 4. The first-order valence-electron chi connectivity index (χ1n) is 8.12. The maximum Gasteiger partial charge on any atom is 0.240 e. The lowest BCUT2D eigenvalue weighted by molar-refractivity contribution is -0.136. The molecule has 3 rings (SSSR count). The highest BCUT2D eigenvalue weighted by atomic mass is 16.5. The van der Waals surface area contributed by atoms with E-state index in [1.807, 2.05) is 18.9 Å². The van der Waals surface area contributed by atoms with Crippen LogP contribution >= 0.6 is 0 Å². The summed E-state index contributed by atoms with van der Waals surface area (Å²) in [4.78, 5) is 16.9. The number of likely N-dealkylation sites (tertiary alicyclic amines) is 2. The molecule has 1 amide bonds. The number of amides is 1. The third-order valence-electron chi connectivity index (χ3n) is 5.08. The predicted octanol–water partition coefficient (Wildman–Crippen LogP) is 1.14. The molecular formula is C16H26N4O2. The van der Waals surface area contributed by atoms with Gasteiger partial charge in [0.05, 0.1) is 17.8 Å². The normalized spacial score (nSPS) is 27.5. The molecule has 2 aliphatic rings. The predicted molar refractivity (Wildman–Crippen MR) is 83.7 cm³/mol. The van der Waals surface area contributed by atoms with Crippen LogP contribution in [0.3, 0.4) is 0 Å². The highest BCUT2D eigenvalue weighted by Crippen LogP contribution is 2.28. The minimum atomic E-state index is -0.0193. The van der Waals surface area contributed by atoms with Crippen LogP contribution in [-0.2, 0) is 9.53 Å². The van der Waals surface area contributed by atoms with Crippen LogP contribution in [0, 0.1) is 6.92 Å². The Bertz CT molecular complexity index is 522. The van der Waals surface area contributed by atoms with Gasteiger partial charge in [-0.15, -0.1) is 0 Å². The number of aromatic amines is 1. The molecule has 0 aliphatic carbocycles. The molecule has 0 unspecified atom stereocenters. The Balaban J connectivity index is 1.56. The fraction of sp³-hybridized carbons (Fsp3) is 0.750. The van der Waals surface area contributed by atoms with Gasteiger partial charge in [0, 0.05) is 38.4 Å². The molecule has 0 saturated carbocycles. The van der Waals surface area contributed by atoms with Crippen molar-refractivity contribution in [1.29, 1.82) is 0 Å². The van der Waals surface area contributed by atoms with Crippen LogP contribution in [0.5, 0.6) is 0 Å². The van der Waals surface area contributed by atoms with Crippen LogP contribution in [-0.4, -0.2) is 71.8 Å². The van der Waals surface area contributed by atoms with Gasteiger partial charge in [0.1, 0.15) is 0 Å². The van der Waals surface area contributed by atoms with E-state index < -0.39 is 0 Å². The number of likely N-dealkylation sites (N-methyl/N-ethyl adjacent to an activating group) is 1. The number of aromatic nitrogens is 2. The van der Waals surface area contributed by atoms with Crippen molar-refractivity contribution in [3.8, 4) is 0 Å². The van der Waals surface area contributed by atoms with Crippen molar-refractivity contribution in [3.05, 3.63) is 17.5 Å². The number of nitrogens with zero attached hydrogens (tertiary/aromatic N) is 3. The second-order valence-electron chi connectivity index (χ2n) is 6.62.